The summed E-state index contributed by atoms with van der Waals surface area (Å²) >= 11 is 0. The van der Waals surface area contributed by atoms with Gasteiger partial charge in [-0.2, -0.15) is 0 Å². The number of nitrogens with one attached hydrogen (secondary N) is 1. The minimum atomic E-state index is -0.225. The fraction of sp³-hybridized carbons (Fsp3) is 0.350. The first kappa shape index (κ1) is 17.9. The molecule has 1 N–H and O–H groups in total. The number of ether oxygens (including phenoxy) is 2. The van der Waals surface area contributed by atoms with Crippen LogP contribution in [-0.2, 0) is 17.8 Å². The third-order valence-electron chi connectivity index (χ3n) is 3.36. The van der Waals surface area contributed by atoms with Crippen LogP contribution in [0.25, 0.3) is 0 Å². The molecule has 0 radical (unpaired) electrons. The molecular formula is C20H25NO3. The summed E-state index contributed by atoms with van der Waals surface area (Å²) in [6.45, 7) is 6.53. The molecule has 2 aromatic rings. The maximum Gasteiger partial charge on any atom is 0.224 e. The molecule has 0 aliphatic heterocycles. The molecule has 0 aromatic heterocycles. The van der Waals surface area contributed by atoms with Gasteiger partial charge in [-0.15, -0.1) is 0 Å². The monoisotopic (exact) mass is 327 g/mol. The van der Waals surface area contributed by atoms with Crippen molar-refractivity contribution in [2.45, 2.75) is 39.3 Å². The van der Waals surface area contributed by atoms with Gasteiger partial charge in [-0.1, -0.05) is 24.3 Å². The number of hydrogen-bond donors (Lipinski definition) is 1. The summed E-state index contributed by atoms with van der Waals surface area (Å²) in [5.41, 5.74) is 1.78. The Bertz CT molecular complexity index is 655. The highest BCUT2D eigenvalue weighted by Gasteiger charge is 2.11. The van der Waals surface area contributed by atoms with Crippen molar-refractivity contribution in [1.82, 2.24) is 5.32 Å². The lowest BCUT2D eigenvalue weighted by Crippen LogP contribution is -2.24. The van der Waals surface area contributed by atoms with Crippen LogP contribution in [0.15, 0.2) is 48.5 Å². The Morgan fingerprint density at radius 2 is 1.46 bits per heavy atom. The summed E-state index contributed by atoms with van der Waals surface area (Å²) in [5, 5.41) is 2.93. The second-order valence-corrected chi connectivity index (χ2v) is 6.66. The Labute approximate surface area is 143 Å². The zero-order valence-electron chi connectivity index (χ0n) is 14.8. The lowest BCUT2D eigenvalue weighted by molar-refractivity contribution is -0.120. The van der Waals surface area contributed by atoms with Crippen molar-refractivity contribution in [1.29, 1.82) is 0 Å². The molecule has 1 amide bonds. The predicted molar refractivity (Wildman–Crippen MR) is 95.4 cm³/mol. The van der Waals surface area contributed by atoms with Crippen LogP contribution < -0.4 is 14.8 Å². The van der Waals surface area contributed by atoms with Crippen LogP contribution >= 0.6 is 0 Å². The highest BCUT2D eigenvalue weighted by molar-refractivity contribution is 5.78. The fourth-order valence-electron chi connectivity index (χ4n) is 2.22. The molecule has 0 fully saturated rings. The molecule has 0 aliphatic carbocycles. The lowest BCUT2D eigenvalue weighted by atomic mass is 10.1. The number of methoxy groups -OCH3 is 1. The van der Waals surface area contributed by atoms with Gasteiger partial charge < -0.3 is 14.8 Å². The molecule has 4 nitrogen and oxygen atoms in total. The first-order valence-corrected chi connectivity index (χ1v) is 8.03. The highest BCUT2D eigenvalue weighted by Crippen LogP contribution is 2.18. The van der Waals surface area contributed by atoms with E-state index < -0.39 is 0 Å². The van der Waals surface area contributed by atoms with E-state index in [1.807, 2.05) is 69.3 Å². The smallest absolute Gasteiger partial charge is 0.224 e. The van der Waals surface area contributed by atoms with Gasteiger partial charge in [0.15, 0.2) is 0 Å². The van der Waals surface area contributed by atoms with E-state index in [-0.39, 0.29) is 11.5 Å². The number of benzene rings is 2. The second-order valence-electron chi connectivity index (χ2n) is 6.66. The van der Waals surface area contributed by atoms with Gasteiger partial charge in [0.2, 0.25) is 5.91 Å². The number of carbonyl (C=O) groups is 1. The number of hydrogen-bond acceptors (Lipinski definition) is 3. The van der Waals surface area contributed by atoms with Crippen molar-refractivity contribution < 1.29 is 14.3 Å². The summed E-state index contributed by atoms with van der Waals surface area (Å²) in [4.78, 5) is 12.1. The van der Waals surface area contributed by atoms with Crippen molar-refractivity contribution >= 4 is 5.91 Å². The van der Waals surface area contributed by atoms with Crippen molar-refractivity contribution in [2.24, 2.45) is 0 Å². The quantitative estimate of drug-likeness (QED) is 0.879. The largest absolute Gasteiger partial charge is 0.497 e. The topological polar surface area (TPSA) is 47.6 Å². The Balaban J connectivity index is 1.83. The Hall–Kier alpha value is -2.49. The molecule has 2 aromatic carbocycles. The summed E-state index contributed by atoms with van der Waals surface area (Å²) in [6, 6.07) is 15.3. The summed E-state index contributed by atoms with van der Waals surface area (Å²) in [5.74, 6) is 1.61. The Morgan fingerprint density at radius 3 is 2.00 bits per heavy atom. The minimum absolute atomic E-state index is 0.00434. The third-order valence-corrected chi connectivity index (χ3v) is 3.36. The molecule has 2 rings (SSSR count). The summed E-state index contributed by atoms with van der Waals surface area (Å²) in [7, 11) is 1.63. The van der Waals surface area contributed by atoms with Crippen LogP contribution in [-0.4, -0.2) is 18.6 Å². The number of carbonyl (C=O) groups excluding carboxylic acids is 1. The van der Waals surface area contributed by atoms with Gasteiger partial charge in [0.05, 0.1) is 13.5 Å². The highest BCUT2D eigenvalue weighted by atomic mass is 16.5. The van der Waals surface area contributed by atoms with E-state index in [1.165, 1.54) is 0 Å². The SMILES string of the molecule is COc1ccc(CNC(=O)Cc2ccc(OC(C)(C)C)cc2)cc1. The van der Waals surface area contributed by atoms with Gasteiger partial charge in [-0.3, -0.25) is 4.79 Å². The van der Waals surface area contributed by atoms with Crippen LogP contribution in [0, 0.1) is 0 Å². The molecule has 0 unspecified atom stereocenters. The molecule has 0 aliphatic rings. The average molecular weight is 327 g/mol. The summed E-state index contributed by atoms with van der Waals surface area (Å²) < 4.78 is 10.9. The minimum Gasteiger partial charge on any atom is -0.497 e. The van der Waals surface area contributed by atoms with E-state index in [0.29, 0.717) is 13.0 Å². The van der Waals surface area contributed by atoms with Crippen LogP contribution in [0.1, 0.15) is 31.9 Å². The van der Waals surface area contributed by atoms with E-state index in [1.54, 1.807) is 7.11 Å². The van der Waals surface area contributed by atoms with Gasteiger partial charge >= 0.3 is 0 Å². The normalized spacial score (nSPS) is 11.0. The van der Waals surface area contributed by atoms with Crippen LogP contribution in [0.4, 0.5) is 0 Å². The van der Waals surface area contributed by atoms with Crippen LogP contribution in [0.3, 0.4) is 0 Å². The number of amides is 1. The van der Waals surface area contributed by atoms with E-state index in [2.05, 4.69) is 5.32 Å². The first-order chi connectivity index (χ1) is 11.4. The van der Waals surface area contributed by atoms with Gasteiger partial charge in [0.1, 0.15) is 17.1 Å². The second kappa shape index (κ2) is 7.86. The van der Waals surface area contributed by atoms with Crippen molar-refractivity contribution in [3.8, 4) is 11.5 Å². The van der Waals surface area contributed by atoms with Gasteiger partial charge in [-0.05, 0) is 56.2 Å². The molecular weight excluding hydrogens is 302 g/mol. The molecule has 0 spiro atoms. The maximum absolute atomic E-state index is 12.1. The van der Waals surface area contributed by atoms with Crippen LogP contribution in [0.5, 0.6) is 11.5 Å². The maximum atomic E-state index is 12.1. The van der Waals surface area contributed by atoms with Gasteiger partial charge in [0, 0.05) is 6.54 Å². The van der Waals surface area contributed by atoms with E-state index in [0.717, 1.165) is 22.6 Å². The fourth-order valence-corrected chi connectivity index (χ4v) is 2.22. The van der Waals surface area contributed by atoms with Gasteiger partial charge in [-0.25, -0.2) is 0 Å². The molecule has 0 saturated carbocycles. The van der Waals surface area contributed by atoms with E-state index in [4.69, 9.17) is 9.47 Å². The Morgan fingerprint density at radius 1 is 0.917 bits per heavy atom. The molecule has 0 atom stereocenters. The Kier molecular flexibility index (Phi) is 5.85. The van der Waals surface area contributed by atoms with Crippen molar-refractivity contribution in [3.63, 3.8) is 0 Å². The number of rotatable bonds is 6. The standard InChI is InChI=1S/C20H25NO3/c1-20(2,3)24-18-11-5-15(6-12-18)13-19(22)21-14-16-7-9-17(23-4)10-8-16/h5-12H,13-14H2,1-4H3,(H,21,22). The summed E-state index contributed by atoms with van der Waals surface area (Å²) in [6.07, 6.45) is 0.353. The lowest BCUT2D eigenvalue weighted by Gasteiger charge is -2.21. The predicted octanol–water partition coefficient (Wildman–Crippen LogP) is 3.73. The van der Waals surface area contributed by atoms with Gasteiger partial charge in [0.25, 0.3) is 0 Å². The average Bonchev–Trinajstić information content (AvgIpc) is 2.54. The van der Waals surface area contributed by atoms with Crippen molar-refractivity contribution in [2.75, 3.05) is 7.11 Å². The third kappa shape index (κ3) is 5.95. The van der Waals surface area contributed by atoms with Crippen molar-refractivity contribution in [3.05, 3.63) is 59.7 Å². The molecule has 0 saturated heterocycles. The molecule has 0 heterocycles. The first-order valence-electron chi connectivity index (χ1n) is 8.03. The molecule has 4 heteroatoms. The molecule has 128 valence electrons. The molecule has 24 heavy (non-hydrogen) atoms. The van der Waals surface area contributed by atoms with E-state index in [9.17, 15) is 4.79 Å². The van der Waals surface area contributed by atoms with Crippen LogP contribution in [0.2, 0.25) is 0 Å². The molecule has 0 bridgehead atoms. The zero-order chi connectivity index (χ0) is 17.6. The zero-order valence-corrected chi connectivity index (χ0v) is 14.8. The van der Waals surface area contributed by atoms with E-state index >= 15 is 0 Å².